The molecule has 0 fully saturated rings. The average Bonchev–Trinajstić information content (AvgIpc) is 2.38. The zero-order valence-corrected chi connectivity index (χ0v) is 9.75. The third-order valence-corrected chi connectivity index (χ3v) is 2.43. The molecular formula is C12H12N4O2. The van der Waals surface area contributed by atoms with Crippen LogP contribution >= 0.6 is 0 Å². The summed E-state index contributed by atoms with van der Waals surface area (Å²) in [5, 5.41) is 0. The van der Waals surface area contributed by atoms with E-state index >= 15 is 0 Å². The highest BCUT2D eigenvalue weighted by Crippen LogP contribution is 2.17. The van der Waals surface area contributed by atoms with Crippen LogP contribution in [0.15, 0.2) is 30.5 Å². The average molecular weight is 244 g/mol. The smallest absolute Gasteiger partial charge is 0.221 e. The third-order valence-electron chi connectivity index (χ3n) is 2.43. The Morgan fingerprint density at radius 3 is 2.44 bits per heavy atom. The van der Waals surface area contributed by atoms with Gasteiger partial charge in [-0.05, 0) is 24.3 Å². The highest BCUT2D eigenvalue weighted by atomic mass is 16.5. The van der Waals surface area contributed by atoms with E-state index < -0.39 is 0 Å². The van der Waals surface area contributed by atoms with Gasteiger partial charge in [0.05, 0.1) is 12.7 Å². The van der Waals surface area contributed by atoms with Gasteiger partial charge in [-0.25, -0.2) is 4.98 Å². The predicted octanol–water partition coefficient (Wildman–Crippen LogP) is 0.881. The SMILES string of the molecule is COc1ccc(C(=O)c2cnc(N)nc2N)cc1. The topological polar surface area (TPSA) is 104 Å². The van der Waals surface area contributed by atoms with Crippen molar-refractivity contribution in [2.45, 2.75) is 0 Å². The Hall–Kier alpha value is -2.63. The summed E-state index contributed by atoms with van der Waals surface area (Å²) in [5.41, 5.74) is 11.7. The molecule has 0 aliphatic heterocycles. The summed E-state index contributed by atoms with van der Waals surface area (Å²) in [6, 6.07) is 6.69. The van der Waals surface area contributed by atoms with Crippen LogP contribution in [0, 0.1) is 0 Å². The summed E-state index contributed by atoms with van der Waals surface area (Å²) >= 11 is 0. The molecule has 2 rings (SSSR count). The van der Waals surface area contributed by atoms with E-state index in [9.17, 15) is 4.79 Å². The van der Waals surface area contributed by atoms with Crippen LogP contribution in [-0.4, -0.2) is 22.9 Å². The van der Waals surface area contributed by atoms with Gasteiger partial charge in [-0.15, -0.1) is 0 Å². The molecule has 2 aromatic rings. The Morgan fingerprint density at radius 1 is 1.22 bits per heavy atom. The van der Waals surface area contributed by atoms with Crippen molar-refractivity contribution in [1.29, 1.82) is 0 Å². The Bertz CT molecular complexity index is 581. The fourth-order valence-electron chi connectivity index (χ4n) is 1.48. The molecule has 0 radical (unpaired) electrons. The minimum absolute atomic E-state index is 0.0405. The number of nitrogen functional groups attached to an aromatic ring is 2. The lowest BCUT2D eigenvalue weighted by Gasteiger charge is -2.05. The lowest BCUT2D eigenvalue weighted by molar-refractivity contribution is 0.103. The summed E-state index contributed by atoms with van der Waals surface area (Å²) in [5.74, 6) is 0.533. The standard InChI is InChI=1S/C12H12N4O2/c1-18-8-4-2-7(3-5-8)10(17)9-6-15-12(14)16-11(9)13/h2-6H,1H3,(H4,13,14,15,16). The molecule has 92 valence electrons. The fourth-order valence-corrected chi connectivity index (χ4v) is 1.48. The number of nitrogens with two attached hydrogens (primary N) is 2. The number of hydrogen-bond acceptors (Lipinski definition) is 6. The van der Waals surface area contributed by atoms with E-state index in [0.29, 0.717) is 11.3 Å². The second-order valence-corrected chi connectivity index (χ2v) is 3.58. The zero-order chi connectivity index (χ0) is 13.1. The predicted molar refractivity (Wildman–Crippen MR) is 67.3 cm³/mol. The number of carbonyl (C=O) groups is 1. The Labute approximate surface area is 104 Å². The number of rotatable bonds is 3. The van der Waals surface area contributed by atoms with Crippen molar-refractivity contribution in [2.75, 3.05) is 18.6 Å². The molecule has 0 bridgehead atoms. The van der Waals surface area contributed by atoms with E-state index in [1.807, 2.05) is 0 Å². The molecule has 0 saturated carbocycles. The largest absolute Gasteiger partial charge is 0.497 e. The van der Waals surface area contributed by atoms with E-state index in [1.54, 1.807) is 31.4 Å². The molecule has 0 saturated heterocycles. The van der Waals surface area contributed by atoms with Gasteiger partial charge in [-0.3, -0.25) is 4.79 Å². The quantitative estimate of drug-likeness (QED) is 0.776. The number of methoxy groups -OCH3 is 1. The van der Waals surface area contributed by atoms with Crippen molar-refractivity contribution in [2.24, 2.45) is 0 Å². The minimum atomic E-state index is -0.254. The van der Waals surface area contributed by atoms with E-state index in [-0.39, 0.29) is 23.1 Å². The highest BCUT2D eigenvalue weighted by Gasteiger charge is 2.14. The molecule has 1 heterocycles. The Morgan fingerprint density at radius 2 is 1.89 bits per heavy atom. The first-order valence-corrected chi connectivity index (χ1v) is 5.18. The lowest BCUT2D eigenvalue weighted by Crippen LogP contribution is -2.09. The van der Waals surface area contributed by atoms with Crippen molar-refractivity contribution in [1.82, 2.24) is 9.97 Å². The second kappa shape index (κ2) is 4.70. The molecule has 1 aromatic carbocycles. The monoisotopic (exact) mass is 244 g/mol. The van der Waals surface area contributed by atoms with Crippen molar-refractivity contribution in [3.63, 3.8) is 0 Å². The van der Waals surface area contributed by atoms with Gasteiger partial charge in [0.15, 0.2) is 5.78 Å². The van der Waals surface area contributed by atoms with E-state index in [1.165, 1.54) is 6.20 Å². The van der Waals surface area contributed by atoms with Crippen LogP contribution < -0.4 is 16.2 Å². The minimum Gasteiger partial charge on any atom is -0.497 e. The summed E-state index contributed by atoms with van der Waals surface area (Å²) in [6.07, 6.45) is 1.32. The maximum absolute atomic E-state index is 12.1. The normalized spacial score (nSPS) is 10.1. The number of benzene rings is 1. The third kappa shape index (κ3) is 2.22. The molecule has 6 nitrogen and oxygen atoms in total. The number of ether oxygens (including phenoxy) is 1. The van der Waals surface area contributed by atoms with Gasteiger partial charge in [0.2, 0.25) is 5.95 Å². The molecular weight excluding hydrogens is 232 g/mol. The van der Waals surface area contributed by atoms with Crippen LogP contribution in [-0.2, 0) is 0 Å². The van der Waals surface area contributed by atoms with Crippen molar-refractivity contribution < 1.29 is 9.53 Å². The number of aromatic nitrogens is 2. The van der Waals surface area contributed by atoms with Crippen LogP contribution in [0.5, 0.6) is 5.75 Å². The van der Waals surface area contributed by atoms with Crippen molar-refractivity contribution >= 4 is 17.5 Å². The van der Waals surface area contributed by atoms with Crippen LogP contribution in [0.1, 0.15) is 15.9 Å². The summed E-state index contributed by atoms with van der Waals surface area (Å²) in [7, 11) is 1.56. The lowest BCUT2D eigenvalue weighted by atomic mass is 10.1. The fraction of sp³-hybridized carbons (Fsp3) is 0.0833. The van der Waals surface area contributed by atoms with Crippen LogP contribution in [0.25, 0.3) is 0 Å². The van der Waals surface area contributed by atoms with E-state index in [0.717, 1.165) is 0 Å². The van der Waals surface area contributed by atoms with Gasteiger partial charge < -0.3 is 16.2 Å². The number of hydrogen-bond donors (Lipinski definition) is 2. The number of nitrogens with zero attached hydrogens (tertiary/aromatic N) is 2. The van der Waals surface area contributed by atoms with Gasteiger partial charge in [-0.2, -0.15) is 4.98 Å². The van der Waals surface area contributed by atoms with Crippen molar-refractivity contribution in [3.8, 4) is 5.75 Å². The van der Waals surface area contributed by atoms with E-state index in [2.05, 4.69) is 9.97 Å². The first kappa shape index (κ1) is 11.8. The maximum atomic E-state index is 12.1. The highest BCUT2D eigenvalue weighted by molar-refractivity contribution is 6.11. The first-order valence-electron chi connectivity index (χ1n) is 5.18. The molecule has 0 atom stereocenters. The van der Waals surface area contributed by atoms with Gasteiger partial charge in [0.25, 0.3) is 0 Å². The maximum Gasteiger partial charge on any atom is 0.221 e. The van der Waals surface area contributed by atoms with Crippen LogP contribution in [0.2, 0.25) is 0 Å². The van der Waals surface area contributed by atoms with Gasteiger partial charge in [0.1, 0.15) is 11.6 Å². The molecule has 4 N–H and O–H groups in total. The molecule has 6 heteroatoms. The molecule has 18 heavy (non-hydrogen) atoms. The molecule has 0 aliphatic carbocycles. The van der Waals surface area contributed by atoms with Crippen LogP contribution in [0.3, 0.4) is 0 Å². The molecule has 0 amide bonds. The van der Waals surface area contributed by atoms with Gasteiger partial charge in [-0.1, -0.05) is 0 Å². The summed E-state index contributed by atoms with van der Waals surface area (Å²) in [6.45, 7) is 0. The van der Waals surface area contributed by atoms with E-state index in [4.69, 9.17) is 16.2 Å². The van der Waals surface area contributed by atoms with Crippen LogP contribution in [0.4, 0.5) is 11.8 Å². The Kier molecular flexibility index (Phi) is 3.09. The number of carbonyl (C=O) groups excluding carboxylic acids is 1. The molecule has 1 aromatic heterocycles. The summed E-state index contributed by atoms with van der Waals surface area (Å²) < 4.78 is 5.02. The Balaban J connectivity index is 2.35. The zero-order valence-electron chi connectivity index (χ0n) is 9.75. The van der Waals surface area contributed by atoms with Gasteiger partial charge >= 0.3 is 0 Å². The summed E-state index contributed by atoms with van der Waals surface area (Å²) in [4.78, 5) is 19.7. The molecule has 0 spiro atoms. The number of ketones is 1. The second-order valence-electron chi connectivity index (χ2n) is 3.58. The first-order chi connectivity index (χ1) is 8.61. The van der Waals surface area contributed by atoms with Crippen molar-refractivity contribution in [3.05, 3.63) is 41.6 Å². The van der Waals surface area contributed by atoms with Gasteiger partial charge in [0, 0.05) is 11.8 Å². The number of anilines is 2. The molecule has 0 aliphatic rings. The molecule has 0 unspecified atom stereocenters.